The van der Waals surface area contributed by atoms with Crippen LogP contribution in [0, 0.1) is 5.92 Å². The Hall–Kier alpha value is -0.650. The van der Waals surface area contributed by atoms with Crippen LogP contribution in [0.1, 0.15) is 33.1 Å². The van der Waals surface area contributed by atoms with E-state index in [9.17, 15) is 4.79 Å². The lowest BCUT2D eigenvalue weighted by atomic mass is 9.86. The third kappa shape index (κ3) is 4.17. The number of hydrogen-bond acceptors (Lipinski definition) is 4. The van der Waals surface area contributed by atoms with Crippen LogP contribution in [0.3, 0.4) is 0 Å². The van der Waals surface area contributed by atoms with Gasteiger partial charge in [0, 0.05) is 38.1 Å². The number of likely N-dealkylation sites (tertiary alicyclic amines) is 1. The molecule has 20 heavy (non-hydrogen) atoms. The van der Waals surface area contributed by atoms with E-state index >= 15 is 0 Å². The minimum atomic E-state index is -0.674. The fourth-order valence-corrected chi connectivity index (χ4v) is 3.50. The highest BCUT2D eigenvalue weighted by atomic mass is 16.5. The SMILES string of the molecule is CC(C)N1CC[C@H](N2CCOCC2)[C@H](CCC(=O)O)C1. The molecule has 2 rings (SSSR count). The molecule has 1 N–H and O–H groups in total. The van der Waals surface area contributed by atoms with Gasteiger partial charge < -0.3 is 14.7 Å². The average Bonchev–Trinajstić information content (AvgIpc) is 2.45. The summed E-state index contributed by atoms with van der Waals surface area (Å²) in [6.45, 7) is 10.2. The highest BCUT2D eigenvalue weighted by molar-refractivity contribution is 5.66. The van der Waals surface area contributed by atoms with Crippen LogP contribution >= 0.6 is 0 Å². The maximum absolute atomic E-state index is 10.9. The smallest absolute Gasteiger partial charge is 0.303 e. The second kappa shape index (κ2) is 7.38. The first-order chi connectivity index (χ1) is 9.58. The zero-order chi connectivity index (χ0) is 14.5. The summed E-state index contributed by atoms with van der Waals surface area (Å²) in [5, 5.41) is 8.97. The van der Waals surface area contributed by atoms with Crippen LogP contribution in [0.15, 0.2) is 0 Å². The molecule has 2 atom stereocenters. The Morgan fingerprint density at radius 2 is 2.00 bits per heavy atom. The average molecular weight is 284 g/mol. The van der Waals surface area contributed by atoms with Gasteiger partial charge in [-0.25, -0.2) is 0 Å². The van der Waals surface area contributed by atoms with Gasteiger partial charge in [0.1, 0.15) is 0 Å². The number of ether oxygens (including phenoxy) is 1. The van der Waals surface area contributed by atoms with Gasteiger partial charge in [0.25, 0.3) is 0 Å². The van der Waals surface area contributed by atoms with Gasteiger partial charge in [-0.3, -0.25) is 9.69 Å². The van der Waals surface area contributed by atoms with Gasteiger partial charge in [-0.15, -0.1) is 0 Å². The van der Waals surface area contributed by atoms with Crippen LogP contribution in [0.25, 0.3) is 0 Å². The third-order valence-corrected chi connectivity index (χ3v) is 4.70. The first-order valence-electron chi connectivity index (χ1n) is 7.85. The second-order valence-electron chi connectivity index (χ2n) is 6.29. The number of carboxylic acids is 1. The van der Waals surface area contributed by atoms with E-state index in [1.807, 2.05) is 0 Å². The minimum Gasteiger partial charge on any atom is -0.481 e. The van der Waals surface area contributed by atoms with Gasteiger partial charge >= 0.3 is 5.97 Å². The minimum absolute atomic E-state index is 0.289. The highest BCUT2D eigenvalue weighted by Gasteiger charge is 2.34. The van der Waals surface area contributed by atoms with Crippen molar-refractivity contribution in [2.45, 2.75) is 45.2 Å². The van der Waals surface area contributed by atoms with Crippen molar-refractivity contribution in [3.05, 3.63) is 0 Å². The molecule has 2 aliphatic heterocycles. The van der Waals surface area contributed by atoms with E-state index in [2.05, 4.69) is 23.6 Å². The Morgan fingerprint density at radius 1 is 1.30 bits per heavy atom. The molecule has 2 heterocycles. The summed E-state index contributed by atoms with van der Waals surface area (Å²) in [5.41, 5.74) is 0. The van der Waals surface area contributed by atoms with Crippen molar-refractivity contribution in [1.82, 2.24) is 9.80 Å². The van der Waals surface area contributed by atoms with E-state index in [-0.39, 0.29) is 6.42 Å². The van der Waals surface area contributed by atoms with Crippen LogP contribution in [0.2, 0.25) is 0 Å². The van der Waals surface area contributed by atoms with Crippen LogP contribution in [0.4, 0.5) is 0 Å². The zero-order valence-corrected chi connectivity index (χ0v) is 12.8. The molecular formula is C15H28N2O3. The summed E-state index contributed by atoms with van der Waals surface area (Å²) in [5.74, 6) is -0.201. The van der Waals surface area contributed by atoms with E-state index in [0.717, 1.165) is 52.2 Å². The predicted octanol–water partition coefficient (Wildman–Crippen LogP) is 1.28. The second-order valence-corrected chi connectivity index (χ2v) is 6.29. The number of rotatable bonds is 5. The molecule has 0 aromatic carbocycles. The molecule has 0 aliphatic carbocycles. The van der Waals surface area contributed by atoms with E-state index < -0.39 is 5.97 Å². The number of hydrogen-bond donors (Lipinski definition) is 1. The molecule has 0 aromatic heterocycles. The van der Waals surface area contributed by atoms with Gasteiger partial charge in [0.2, 0.25) is 0 Å². The number of carbonyl (C=O) groups is 1. The Bertz CT molecular complexity index is 316. The standard InChI is InChI=1S/C15H28N2O3/c1-12(2)17-6-5-14(16-7-9-20-10-8-16)13(11-17)3-4-15(18)19/h12-14H,3-11H2,1-2H3,(H,18,19)/t13-,14+/m1/s1. The molecule has 0 amide bonds. The number of aliphatic carboxylic acids is 1. The van der Waals surface area contributed by atoms with E-state index in [1.165, 1.54) is 0 Å². The summed E-state index contributed by atoms with van der Waals surface area (Å²) in [4.78, 5) is 15.9. The molecule has 2 aliphatic rings. The maximum Gasteiger partial charge on any atom is 0.303 e. The van der Waals surface area contributed by atoms with Crippen LogP contribution in [-0.4, -0.2) is 72.4 Å². The van der Waals surface area contributed by atoms with Crippen LogP contribution in [-0.2, 0) is 9.53 Å². The molecule has 5 heteroatoms. The lowest BCUT2D eigenvalue weighted by Gasteiger charge is -2.46. The number of piperidine rings is 1. The number of morpholine rings is 1. The summed E-state index contributed by atoms with van der Waals surface area (Å²) in [6, 6.07) is 1.08. The monoisotopic (exact) mass is 284 g/mol. The molecule has 0 bridgehead atoms. The molecule has 0 saturated carbocycles. The van der Waals surface area contributed by atoms with Crippen molar-refractivity contribution in [2.24, 2.45) is 5.92 Å². The Balaban J connectivity index is 1.97. The largest absolute Gasteiger partial charge is 0.481 e. The maximum atomic E-state index is 10.9. The van der Waals surface area contributed by atoms with Crippen molar-refractivity contribution >= 4 is 5.97 Å². The summed E-state index contributed by atoms with van der Waals surface area (Å²) in [6.07, 6.45) is 2.24. The predicted molar refractivity (Wildman–Crippen MR) is 77.9 cm³/mol. The van der Waals surface area contributed by atoms with Crippen LogP contribution < -0.4 is 0 Å². The van der Waals surface area contributed by atoms with E-state index in [4.69, 9.17) is 9.84 Å². The molecule has 0 radical (unpaired) electrons. The van der Waals surface area contributed by atoms with Crippen LogP contribution in [0.5, 0.6) is 0 Å². The molecule has 2 saturated heterocycles. The van der Waals surface area contributed by atoms with Gasteiger partial charge in [-0.2, -0.15) is 0 Å². The van der Waals surface area contributed by atoms with Crippen molar-refractivity contribution in [3.63, 3.8) is 0 Å². The highest BCUT2D eigenvalue weighted by Crippen LogP contribution is 2.27. The number of nitrogens with zero attached hydrogens (tertiary/aromatic N) is 2. The first-order valence-corrected chi connectivity index (χ1v) is 7.85. The van der Waals surface area contributed by atoms with E-state index in [0.29, 0.717) is 18.0 Å². The van der Waals surface area contributed by atoms with Crippen molar-refractivity contribution in [2.75, 3.05) is 39.4 Å². The fraction of sp³-hybridized carbons (Fsp3) is 0.933. The van der Waals surface area contributed by atoms with Gasteiger partial charge in [0.05, 0.1) is 13.2 Å². The number of carboxylic acid groups (broad SMARTS) is 1. The topological polar surface area (TPSA) is 53.0 Å². The van der Waals surface area contributed by atoms with Crippen molar-refractivity contribution in [3.8, 4) is 0 Å². The summed E-state index contributed by atoms with van der Waals surface area (Å²) in [7, 11) is 0. The summed E-state index contributed by atoms with van der Waals surface area (Å²) >= 11 is 0. The molecule has 0 spiro atoms. The normalized spacial score (nSPS) is 29.8. The van der Waals surface area contributed by atoms with Gasteiger partial charge in [0.15, 0.2) is 0 Å². The molecule has 116 valence electrons. The lowest BCUT2D eigenvalue weighted by Crippen LogP contribution is -2.55. The fourth-order valence-electron chi connectivity index (χ4n) is 3.50. The first kappa shape index (κ1) is 15.7. The molecule has 0 unspecified atom stereocenters. The molecule has 2 fully saturated rings. The summed E-state index contributed by atoms with van der Waals surface area (Å²) < 4.78 is 5.44. The Kier molecular flexibility index (Phi) is 5.81. The van der Waals surface area contributed by atoms with Crippen molar-refractivity contribution in [1.29, 1.82) is 0 Å². The van der Waals surface area contributed by atoms with E-state index in [1.54, 1.807) is 0 Å². The molecule has 0 aromatic rings. The third-order valence-electron chi connectivity index (χ3n) is 4.70. The molecular weight excluding hydrogens is 256 g/mol. The zero-order valence-electron chi connectivity index (χ0n) is 12.8. The Labute approximate surface area is 121 Å². The molecule has 5 nitrogen and oxygen atoms in total. The quantitative estimate of drug-likeness (QED) is 0.824. The van der Waals surface area contributed by atoms with Gasteiger partial charge in [-0.1, -0.05) is 0 Å². The lowest BCUT2D eigenvalue weighted by molar-refractivity contribution is -0.137. The van der Waals surface area contributed by atoms with Gasteiger partial charge in [-0.05, 0) is 39.2 Å². The Morgan fingerprint density at radius 3 is 2.60 bits per heavy atom. The van der Waals surface area contributed by atoms with Crippen molar-refractivity contribution < 1.29 is 14.6 Å².